The van der Waals surface area contributed by atoms with Crippen molar-refractivity contribution >= 4 is 17.3 Å². The molecule has 1 aromatic heterocycles. The zero-order valence-electron chi connectivity index (χ0n) is 19.4. The Morgan fingerprint density at radius 1 is 0.824 bits per heavy atom. The zero-order valence-corrected chi connectivity index (χ0v) is 19.4. The van der Waals surface area contributed by atoms with Crippen LogP contribution in [0.1, 0.15) is 33.0 Å². The van der Waals surface area contributed by atoms with Crippen LogP contribution in [0.15, 0.2) is 51.6 Å². The highest BCUT2D eigenvalue weighted by Crippen LogP contribution is 2.52. The molecule has 9 heteroatoms. The number of methoxy groups -OCH3 is 3. The van der Waals surface area contributed by atoms with Crippen molar-refractivity contribution in [3.63, 3.8) is 0 Å². The molecule has 0 bridgehead atoms. The number of nitrogens with one attached hydrogen (secondary N) is 1. The molecule has 2 heterocycles. The number of Topliss-reactive ketones (excluding diaryl/α,β-unsaturated/α-hetero) is 1. The molecular weight excluding hydrogens is 438 g/mol. The SMILES string of the molecule is COc1ccc(C2C3=C(Nc4c2c(=O)n(C)c(=O)n4C)c2ccccc2C3=O)c(OC)c1OC. The van der Waals surface area contributed by atoms with Crippen LogP contribution in [0, 0.1) is 0 Å². The summed E-state index contributed by atoms with van der Waals surface area (Å²) in [4.78, 5) is 39.9. The number of ketones is 1. The van der Waals surface area contributed by atoms with Crippen molar-refractivity contribution in [2.24, 2.45) is 14.1 Å². The fourth-order valence-corrected chi connectivity index (χ4v) is 4.92. The lowest BCUT2D eigenvalue weighted by atomic mass is 9.81. The monoisotopic (exact) mass is 461 g/mol. The van der Waals surface area contributed by atoms with E-state index in [0.717, 1.165) is 4.57 Å². The molecule has 9 nitrogen and oxygen atoms in total. The fraction of sp³-hybridized carbons (Fsp3) is 0.240. The molecule has 3 aromatic rings. The van der Waals surface area contributed by atoms with E-state index in [2.05, 4.69) is 5.32 Å². The van der Waals surface area contributed by atoms with Crippen LogP contribution in [0.3, 0.4) is 0 Å². The predicted molar refractivity (Wildman–Crippen MR) is 126 cm³/mol. The number of rotatable bonds is 4. The van der Waals surface area contributed by atoms with Crippen LogP contribution >= 0.6 is 0 Å². The number of carbonyl (C=O) groups excluding carboxylic acids is 1. The fourth-order valence-electron chi connectivity index (χ4n) is 4.92. The second-order valence-corrected chi connectivity index (χ2v) is 8.11. The quantitative estimate of drug-likeness (QED) is 0.636. The molecule has 1 atom stereocenters. The van der Waals surface area contributed by atoms with Gasteiger partial charge >= 0.3 is 5.69 Å². The third kappa shape index (κ3) is 2.70. The number of nitrogens with zero attached hydrogens (tertiary/aromatic N) is 2. The minimum atomic E-state index is -0.814. The third-order valence-corrected chi connectivity index (χ3v) is 6.52. The van der Waals surface area contributed by atoms with Gasteiger partial charge in [-0.2, -0.15) is 0 Å². The van der Waals surface area contributed by atoms with E-state index in [4.69, 9.17) is 14.2 Å². The Kier molecular flexibility index (Phi) is 4.85. The van der Waals surface area contributed by atoms with E-state index in [1.54, 1.807) is 31.3 Å². The van der Waals surface area contributed by atoms with Gasteiger partial charge in [-0.05, 0) is 6.07 Å². The van der Waals surface area contributed by atoms with Crippen LogP contribution in [-0.4, -0.2) is 36.2 Å². The molecule has 0 radical (unpaired) electrons. The molecule has 2 aliphatic rings. The summed E-state index contributed by atoms with van der Waals surface area (Å²) in [5.41, 5.74) is 2.07. The minimum Gasteiger partial charge on any atom is -0.493 e. The molecule has 1 aliphatic heterocycles. The zero-order chi connectivity index (χ0) is 24.3. The van der Waals surface area contributed by atoms with Crippen molar-refractivity contribution in [1.29, 1.82) is 0 Å². The van der Waals surface area contributed by atoms with Crippen LogP contribution in [0.2, 0.25) is 0 Å². The number of carbonyl (C=O) groups is 1. The first-order valence-corrected chi connectivity index (χ1v) is 10.6. The van der Waals surface area contributed by atoms with E-state index in [0.29, 0.717) is 51.0 Å². The Labute approximate surface area is 194 Å². The van der Waals surface area contributed by atoms with Gasteiger partial charge in [0.1, 0.15) is 5.82 Å². The van der Waals surface area contributed by atoms with E-state index in [1.807, 2.05) is 12.1 Å². The van der Waals surface area contributed by atoms with Gasteiger partial charge < -0.3 is 19.5 Å². The number of hydrogen-bond acceptors (Lipinski definition) is 7. The van der Waals surface area contributed by atoms with E-state index < -0.39 is 17.2 Å². The first kappa shape index (κ1) is 21.6. The Morgan fingerprint density at radius 3 is 2.15 bits per heavy atom. The summed E-state index contributed by atoms with van der Waals surface area (Å²) in [6.45, 7) is 0. The van der Waals surface area contributed by atoms with E-state index in [-0.39, 0.29) is 11.3 Å². The van der Waals surface area contributed by atoms with Crippen molar-refractivity contribution in [2.75, 3.05) is 26.6 Å². The number of benzene rings is 2. The van der Waals surface area contributed by atoms with E-state index in [1.165, 1.54) is 32.9 Å². The summed E-state index contributed by atoms with van der Waals surface area (Å²) in [6, 6.07) is 10.7. The van der Waals surface area contributed by atoms with Crippen molar-refractivity contribution in [3.05, 3.63) is 85.1 Å². The number of fused-ring (bicyclic) bond motifs is 3. The second-order valence-electron chi connectivity index (χ2n) is 8.11. The van der Waals surface area contributed by atoms with Gasteiger partial charge in [-0.1, -0.05) is 30.3 Å². The lowest BCUT2D eigenvalue weighted by Gasteiger charge is -2.31. The molecule has 2 aromatic carbocycles. The summed E-state index contributed by atoms with van der Waals surface area (Å²) in [7, 11) is 7.50. The van der Waals surface area contributed by atoms with Gasteiger partial charge in [-0.15, -0.1) is 0 Å². The number of aromatic nitrogens is 2. The average molecular weight is 461 g/mol. The van der Waals surface area contributed by atoms with E-state index >= 15 is 0 Å². The molecule has 0 saturated heterocycles. The topological polar surface area (TPSA) is 101 Å². The maximum atomic E-state index is 13.7. The Bertz CT molecular complexity index is 1530. The number of ether oxygens (including phenoxy) is 3. The maximum absolute atomic E-state index is 13.7. The van der Waals surface area contributed by atoms with Crippen molar-refractivity contribution < 1.29 is 19.0 Å². The standard InChI is InChI=1S/C25H23N3O6/c1-27-23-18(24(30)28(2)25(27)31)16(14-10-11-15(32-3)22(34-5)21(14)33-4)17-19(26-23)12-8-6-7-9-13(12)20(17)29/h6-11,16,26H,1-5H3. The maximum Gasteiger partial charge on any atom is 0.332 e. The molecular formula is C25H23N3O6. The Hall–Kier alpha value is -4.27. The largest absolute Gasteiger partial charge is 0.493 e. The van der Waals surface area contributed by atoms with Crippen LogP contribution < -0.4 is 30.8 Å². The predicted octanol–water partition coefficient (Wildman–Crippen LogP) is 2.27. The minimum absolute atomic E-state index is 0.193. The Morgan fingerprint density at radius 2 is 1.50 bits per heavy atom. The summed E-state index contributed by atoms with van der Waals surface area (Å²) < 4.78 is 19.1. The van der Waals surface area contributed by atoms with Gasteiger partial charge in [0.05, 0.1) is 38.5 Å². The van der Waals surface area contributed by atoms with Gasteiger partial charge in [-0.3, -0.25) is 18.7 Å². The number of anilines is 1. The molecule has 0 saturated carbocycles. The first-order chi connectivity index (χ1) is 16.3. The summed E-state index contributed by atoms with van der Waals surface area (Å²) in [5.74, 6) is 0.451. The summed E-state index contributed by atoms with van der Waals surface area (Å²) in [6.07, 6.45) is 0. The molecule has 1 aliphatic carbocycles. The molecule has 1 N–H and O–H groups in total. The molecule has 5 rings (SSSR count). The molecule has 1 unspecified atom stereocenters. The van der Waals surface area contributed by atoms with Gasteiger partial charge in [0.15, 0.2) is 17.3 Å². The van der Waals surface area contributed by atoms with Crippen LogP contribution in [0.4, 0.5) is 5.82 Å². The van der Waals surface area contributed by atoms with Gasteiger partial charge in [0.2, 0.25) is 5.75 Å². The van der Waals surface area contributed by atoms with Gasteiger partial charge in [0.25, 0.3) is 5.56 Å². The third-order valence-electron chi connectivity index (χ3n) is 6.52. The molecule has 0 fully saturated rings. The van der Waals surface area contributed by atoms with Crippen LogP contribution in [-0.2, 0) is 14.1 Å². The summed E-state index contributed by atoms with van der Waals surface area (Å²) >= 11 is 0. The highest BCUT2D eigenvalue weighted by Gasteiger charge is 2.44. The van der Waals surface area contributed by atoms with Crippen molar-refractivity contribution in [3.8, 4) is 17.2 Å². The van der Waals surface area contributed by atoms with Crippen LogP contribution in [0.5, 0.6) is 17.2 Å². The second kappa shape index (κ2) is 7.65. The highest BCUT2D eigenvalue weighted by molar-refractivity contribution is 6.23. The lowest BCUT2D eigenvalue weighted by molar-refractivity contribution is 0.103. The lowest BCUT2D eigenvalue weighted by Crippen LogP contribution is -2.42. The normalized spacial score (nSPS) is 15.9. The molecule has 0 amide bonds. The number of hydrogen-bond donors (Lipinski definition) is 1. The highest BCUT2D eigenvalue weighted by atomic mass is 16.5. The smallest absolute Gasteiger partial charge is 0.332 e. The van der Waals surface area contributed by atoms with E-state index in [9.17, 15) is 14.4 Å². The summed E-state index contributed by atoms with van der Waals surface area (Å²) in [5, 5.41) is 3.22. The molecule has 0 spiro atoms. The number of allylic oxidation sites excluding steroid dienone is 1. The van der Waals surface area contributed by atoms with Gasteiger partial charge in [-0.25, -0.2) is 4.79 Å². The van der Waals surface area contributed by atoms with Crippen LogP contribution in [0.25, 0.3) is 5.70 Å². The van der Waals surface area contributed by atoms with Crippen molar-refractivity contribution in [2.45, 2.75) is 5.92 Å². The van der Waals surface area contributed by atoms with Gasteiger partial charge in [0, 0.05) is 36.4 Å². The Balaban J connectivity index is 1.92. The average Bonchev–Trinajstić information content (AvgIpc) is 3.15. The molecule has 34 heavy (non-hydrogen) atoms. The molecule has 174 valence electrons. The van der Waals surface area contributed by atoms with Crippen molar-refractivity contribution in [1.82, 2.24) is 9.13 Å². The first-order valence-electron chi connectivity index (χ1n) is 10.6.